The van der Waals surface area contributed by atoms with Crippen molar-refractivity contribution in [2.75, 3.05) is 6.61 Å². The number of thiophene rings is 1. The van der Waals surface area contributed by atoms with Crippen LogP contribution in [0.3, 0.4) is 0 Å². The maximum Gasteiger partial charge on any atom is 0.427 e. The van der Waals surface area contributed by atoms with Crippen LogP contribution in [0.1, 0.15) is 12.5 Å². The fraction of sp³-hybridized carbons (Fsp3) is 0.250. The van der Waals surface area contributed by atoms with Gasteiger partial charge in [-0.15, -0.1) is 0 Å². The molecule has 1 heterocycles. The Kier molecular flexibility index (Phi) is 3.98. The summed E-state index contributed by atoms with van der Waals surface area (Å²) >= 11 is 1.57. The molecule has 1 rings (SSSR count). The van der Waals surface area contributed by atoms with E-state index >= 15 is 0 Å². The molecule has 0 aliphatic heterocycles. The summed E-state index contributed by atoms with van der Waals surface area (Å²) in [5.41, 5.74) is 3.19. The van der Waals surface area contributed by atoms with Crippen LogP contribution < -0.4 is 5.43 Å². The average Bonchev–Trinajstić information content (AvgIpc) is 2.57. The number of amides is 1. The number of nitrogens with one attached hydrogen (secondary N) is 1. The van der Waals surface area contributed by atoms with Crippen molar-refractivity contribution in [1.82, 2.24) is 5.43 Å². The number of rotatable bonds is 3. The smallest absolute Gasteiger partial charge is 0.427 e. The Morgan fingerprint density at radius 1 is 1.85 bits per heavy atom. The second-order valence-electron chi connectivity index (χ2n) is 2.15. The van der Waals surface area contributed by atoms with E-state index in [4.69, 9.17) is 0 Å². The predicted octanol–water partition coefficient (Wildman–Crippen LogP) is 1.83. The minimum atomic E-state index is -0.533. The number of nitrogens with zero attached hydrogens (tertiary/aromatic N) is 1. The standard InChI is InChI=1S/C8H10N2O2S/c1-2-12-8(11)10-9-5-7-3-4-13-6-7/h3-6H,2H2,1H3,(H,10,11). The van der Waals surface area contributed by atoms with Gasteiger partial charge in [-0.2, -0.15) is 16.4 Å². The first-order chi connectivity index (χ1) is 6.33. The second-order valence-corrected chi connectivity index (χ2v) is 2.93. The highest BCUT2D eigenvalue weighted by Gasteiger charge is 1.94. The van der Waals surface area contributed by atoms with E-state index in [1.165, 1.54) is 0 Å². The van der Waals surface area contributed by atoms with Gasteiger partial charge in [-0.25, -0.2) is 10.2 Å². The van der Waals surface area contributed by atoms with Gasteiger partial charge in [-0.3, -0.25) is 0 Å². The molecule has 1 N–H and O–H groups in total. The molecule has 0 atom stereocenters. The summed E-state index contributed by atoms with van der Waals surface area (Å²) in [4.78, 5) is 10.7. The van der Waals surface area contributed by atoms with Gasteiger partial charge in [0.15, 0.2) is 0 Å². The predicted molar refractivity (Wildman–Crippen MR) is 52.1 cm³/mol. The third-order valence-corrected chi connectivity index (χ3v) is 1.89. The summed E-state index contributed by atoms with van der Waals surface area (Å²) in [6.07, 6.45) is 1.03. The van der Waals surface area contributed by atoms with Crippen LogP contribution in [-0.4, -0.2) is 18.9 Å². The first-order valence-electron chi connectivity index (χ1n) is 3.81. The van der Waals surface area contributed by atoms with E-state index in [1.54, 1.807) is 24.5 Å². The van der Waals surface area contributed by atoms with Crippen molar-refractivity contribution >= 4 is 23.6 Å². The molecule has 0 aliphatic rings. The lowest BCUT2D eigenvalue weighted by Gasteiger charge is -1.97. The van der Waals surface area contributed by atoms with Gasteiger partial charge in [0.25, 0.3) is 0 Å². The number of hydrogen-bond donors (Lipinski definition) is 1. The molecule has 1 aromatic rings. The molecule has 13 heavy (non-hydrogen) atoms. The summed E-state index contributed by atoms with van der Waals surface area (Å²) in [6.45, 7) is 2.09. The first kappa shape index (κ1) is 9.73. The minimum absolute atomic E-state index is 0.347. The molecular formula is C8H10N2O2S. The van der Waals surface area contributed by atoms with Crippen molar-refractivity contribution in [3.63, 3.8) is 0 Å². The monoisotopic (exact) mass is 198 g/mol. The molecule has 1 amide bonds. The number of carbonyl (C=O) groups is 1. The highest BCUT2D eigenvalue weighted by Crippen LogP contribution is 2.01. The average molecular weight is 198 g/mol. The van der Waals surface area contributed by atoms with Crippen molar-refractivity contribution < 1.29 is 9.53 Å². The van der Waals surface area contributed by atoms with E-state index in [0.29, 0.717) is 6.61 Å². The van der Waals surface area contributed by atoms with Crippen LogP contribution in [0.4, 0.5) is 4.79 Å². The Morgan fingerprint density at radius 2 is 2.69 bits per heavy atom. The summed E-state index contributed by atoms with van der Waals surface area (Å²) < 4.78 is 4.60. The van der Waals surface area contributed by atoms with Crippen LogP contribution in [0.25, 0.3) is 0 Å². The maximum absolute atomic E-state index is 10.7. The highest BCUT2D eigenvalue weighted by atomic mass is 32.1. The third kappa shape index (κ3) is 3.71. The molecule has 1 aromatic heterocycles. The molecule has 0 saturated heterocycles. The molecule has 0 saturated carbocycles. The lowest BCUT2D eigenvalue weighted by molar-refractivity contribution is 0.152. The molecule has 0 fully saturated rings. The van der Waals surface area contributed by atoms with Crippen LogP contribution in [-0.2, 0) is 4.74 Å². The van der Waals surface area contributed by atoms with Crippen LogP contribution in [0.15, 0.2) is 21.9 Å². The Labute approximate surface area is 80.2 Å². The Morgan fingerprint density at radius 3 is 3.31 bits per heavy atom. The van der Waals surface area contributed by atoms with Gasteiger partial charge in [0.1, 0.15) is 0 Å². The second kappa shape index (κ2) is 5.31. The lowest BCUT2D eigenvalue weighted by Crippen LogP contribution is -2.18. The molecule has 0 spiro atoms. The summed E-state index contributed by atoms with van der Waals surface area (Å²) in [5, 5.41) is 7.55. The normalized spacial score (nSPS) is 10.2. The lowest BCUT2D eigenvalue weighted by atomic mass is 10.4. The number of carbonyl (C=O) groups excluding carboxylic acids is 1. The first-order valence-corrected chi connectivity index (χ1v) is 4.75. The topological polar surface area (TPSA) is 50.7 Å². The molecule has 0 unspecified atom stereocenters. The van der Waals surface area contributed by atoms with E-state index in [-0.39, 0.29) is 0 Å². The largest absolute Gasteiger partial charge is 0.449 e. The van der Waals surface area contributed by atoms with Gasteiger partial charge in [-0.05, 0) is 23.8 Å². The highest BCUT2D eigenvalue weighted by molar-refractivity contribution is 7.08. The van der Waals surface area contributed by atoms with Crippen LogP contribution >= 0.6 is 11.3 Å². The SMILES string of the molecule is CCOC(=O)NN=Cc1ccsc1. The molecule has 0 aromatic carbocycles. The minimum Gasteiger partial charge on any atom is -0.449 e. The van der Waals surface area contributed by atoms with Gasteiger partial charge in [-0.1, -0.05) is 0 Å². The summed E-state index contributed by atoms with van der Waals surface area (Å²) in [7, 11) is 0. The quantitative estimate of drug-likeness (QED) is 0.595. The van der Waals surface area contributed by atoms with Crippen LogP contribution in [0.2, 0.25) is 0 Å². The molecule has 0 bridgehead atoms. The molecular weight excluding hydrogens is 188 g/mol. The van der Waals surface area contributed by atoms with E-state index in [2.05, 4.69) is 15.3 Å². The van der Waals surface area contributed by atoms with Crippen molar-refractivity contribution in [3.05, 3.63) is 22.4 Å². The molecule has 5 heteroatoms. The fourth-order valence-corrected chi connectivity index (χ4v) is 1.28. The summed E-state index contributed by atoms with van der Waals surface area (Å²) in [6, 6.07) is 1.90. The summed E-state index contributed by atoms with van der Waals surface area (Å²) in [5.74, 6) is 0. The number of hydrazone groups is 1. The maximum atomic E-state index is 10.7. The van der Waals surface area contributed by atoms with Crippen molar-refractivity contribution in [2.45, 2.75) is 6.92 Å². The number of hydrogen-bond acceptors (Lipinski definition) is 4. The van der Waals surface area contributed by atoms with E-state index < -0.39 is 6.09 Å². The molecule has 70 valence electrons. The number of ether oxygens (including phenoxy) is 1. The van der Waals surface area contributed by atoms with Crippen molar-refractivity contribution in [3.8, 4) is 0 Å². The zero-order valence-electron chi connectivity index (χ0n) is 7.19. The fourth-order valence-electron chi connectivity index (χ4n) is 0.671. The molecule has 0 radical (unpaired) electrons. The zero-order valence-corrected chi connectivity index (χ0v) is 8.00. The van der Waals surface area contributed by atoms with Crippen LogP contribution in [0.5, 0.6) is 0 Å². The van der Waals surface area contributed by atoms with Gasteiger partial charge in [0.2, 0.25) is 0 Å². The van der Waals surface area contributed by atoms with Crippen LogP contribution in [0, 0.1) is 0 Å². The van der Waals surface area contributed by atoms with Gasteiger partial charge < -0.3 is 4.74 Å². The van der Waals surface area contributed by atoms with Crippen molar-refractivity contribution in [2.24, 2.45) is 5.10 Å². The van der Waals surface area contributed by atoms with Gasteiger partial charge in [0.05, 0.1) is 12.8 Å². The van der Waals surface area contributed by atoms with Crippen molar-refractivity contribution in [1.29, 1.82) is 0 Å². The van der Waals surface area contributed by atoms with Gasteiger partial charge in [0, 0.05) is 5.56 Å². The zero-order chi connectivity index (χ0) is 9.52. The molecule has 0 aliphatic carbocycles. The van der Waals surface area contributed by atoms with E-state index in [0.717, 1.165) is 5.56 Å². The van der Waals surface area contributed by atoms with Gasteiger partial charge >= 0.3 is 6.09 Å². The van der Waals surface area contributed by atoms with E-state index in [1.807, 2.05) is 16.8 Å². The Balaban J connectivity index is 2.30. The third-order valence-electron chi connectivity index (χ3n) is 1.19. The molecule has 4 nitrogen and oxygen atoms in total. The Hall–Kier alpha value is -1.36. The Bertz CT molecular complexity index is 282. The van der Waals surface area contributed by atoms with E-state index in [9.17, 15) is 4.79 Å².